The molecule has 1 rings (SSSR count). The van der Waals surface area contributed by atoms with Gasteiger partial charge in [-0.1, -0.05) is 6.42 Å². The molecule has 13 heavy (non-hydrogen) atoms. The average Bonchev–Trinajstić information content (AvgIpc) is 2.45. The summed E-state index contributed by atoms with van der Waals surface area (Å²) >= 11 is 0. The van der Waals surface area contributed by atoms with E-state index in [1.54, 1.807) is 0 Å². The molecule has 76 valence electrons. The summed E-state index contributed by atoms with van der Waals surface area (Å²) in [4.78, 5) is 12.6. The van der Waals surface area contributed by atoms with Crippen molar-refractivity contribution < 1.29 is 9.90 Å². The molecule has 3 heteroatoms. The highest BCUT2D eigenvalue weighted by atomic mass is 16.4. The fourth-order valence-electron chi connectivity index (χ4n) is 2.00. The minimum absolute atomic E-state index is 0.330. The molecular formula is C10H19NO2. The Morgan fingerprint density at radius 2 is 2.31 bits per heavy atom. The topological polar surface area (TPSA) is 40.5 Å². The monoisotopic (exact) mass is 185 g/mol. The highest BCUT2D eigenvalue weighted by Gasteiger charge is 2.19. The van der Waals surface area contributed by atoms with Crippen molar-refractivity contribution >= 4 is 5.97 Å². The lowest BCUT2D eigenvalue weighted by Gasteiger charge is -2.18. The third-order valence-corrected chi connectivity index (χ3v) is 2.85. The van der Waals surface area contributed by atoms with E-state index in [1.807, 2.05) is 0 Å². The zero-order valence-electron chi connectivity index (χ0n) is 8.33. The lowest BCUT2D eigenvalue weighted by molar-refractivity contribution is -0.137. The van der Waals surface area contributed by atoms with Crippen LogP contribution in [0.15, 0.2) is 0 Å². The molecule has 1 aliphatic heterocycles. The van der Waals surface area contributed by atoms with Crippen molar-refractivity contribution in [3.8, 4) is 0 Å². The normalized spacial score (nSPS) is 23.6. The smallest absolute Gasteiger partial charge is 0.303 e. The lowest BCUT2D eigenvalue weighted by Crippen LogP contribution is -2.24. The summed E-state index contributed by atoms with van der Waals surface area (Å²) in [5.74, 6) is -0.667. The molecule has 1 heterocycles. The molecule has 0 aliphatic carbocycles. The summed E-state index contributed by atoms with van der Waals surface area (Å²) in [7, 11) is 2.16. The summed E-state index contributed by atoms with van der Waals surface area (Å²) in [6.45, 7) is 1.21. The van der Waals surface area contributed by atoms with Gasteiger partial charge in [0, 0.05) is 12.5 Å². The third kappa shape index (κ3) is 3.77. The molecule has 0 saturated carbocycles. The second-order valence-electron chi connectivity index (χ2n) is 3.92. The van der Waals surface area contributed by atoms with E-state index in [9.17, 15) is 4.79 Å². The number of hydrogen-bond donors (Lipinski definition) is 1. The maximum atomic E-state index is 10.2. The Morgan fingerprint density at radius 3 is 2.85 bits per heavy atom. The molecule has 0 radical (unpaired) electrons. The van der Waals surface area contributed by atoms with Gasteiger partial charge in [0.2, 0.25) is 0 Å². The first-order valence-corrected chi connectivity index (χ1v) is 5.12. The van der Waals surface area contributed by atoms with Crippen molar-refractivity contribution in [2.24, 2.45) is 0 Å². The summed E-state index contributed by atoms with van der Waals surface area (Å²) in [5, 5.41) is 8.45. The van der Waals surface area contributed by atoms with Crippen molar-refractivity contribution in [3.05, 3.63) is 0 Å². The molecule has 1 N–H and O–H groups in total. The molecule has 1 atom stereocenters. The minimum Gasteiger partial charge on any atom is -0.481 e. The number of rotatable bonds is 5. The van der Waals surface area contributed by atoms with Gasteiger partial charge in [-0.15, -0.1) is 0 Å². The molecule has 0 spiro atoms. The molecule has 0 aromatic heterocycles. The standard InChI is InChI=1S/C10H19NO2/c1-11-8-4-6-9(11)5-2-3-7-10(12)13/h9H,2-8H2,1H3,(H,12,13). The van der Waals surface area contributed by atoms with Crippen LogP contribution in [0.3, 0.4) is 0 Å². The highest BCUT2D eigenvalue weighted by molar-refractivity contribution is 5.66. The van der Waals surface area contributed by atoms with Gasteiger partial charge in [-0.2, -0.15) is 0 Å². The summed E-state index contributed by atoms with van der Waals surface area (Å²) < 4.78 is 0. The van der Waals surface area contributed by atoms with Crippen molar-refractivity contribution in [3.63, 3.8) is 0 Å². The summed E-state index contributed by atoms with van der Waals surface area (Å²) in [5.41, 5.74) is 0. The van der Waals surface area contributed by atoms with Crippen LogP contribution in [0.1, 0.15) is 38.5 Å². The quantitative estimate of drug-likeness (QED) is 0.663. The van der Waals surface area contributed by atoms with Gasteiger partial charge >= 0.3 is 5.97 Å². The molecule has 0 bridgehead atoms. The van der Waals surface area contributed by atoms with Crippen molar-refractivity contribution in [1.29, 1.82) is 0 Å². The fraction of sp³-hybridized carbons (Fsp3) is 0.900. The molecule has 1 aliphatic rings. The number of carbonyl (C=O) groups is 1. The van der Waals surface area contributed by atoms with Crippen LogP contribution in [-0.2, 0) is 4.79 Å². The number of hydrogen-bond acceptors (Lipinski definition) is 2. The first-order valence-electron chi connectivity index (χ1n) is 5.12. The van der Waals surface area contributed by atoms with Gasteiger partial charge in [-0.3, -0.25) is 4.79 Å². The van der Waals surface area contributed by atoms with Crippen LogP contribution in [0.4, 0.5) is 0 Å². The molecule has 0 aromatic carbocycles. The lowest BCUT2D eigenvalue weighted by atomic mass is 10.1. The predicted octanol–water partition coefficient (Wildman–Crippen LogP) is 1.73. The van der Waals surface area contributed by atoms with Crippen LogP contribution in [0.5, 0.6) is 0 Å². The van der Waals surface area contributed by atoms with E-state index >= 15 is 0 Å². The maximum absolute atomic E-state index is 10.2. The number of nitrogens with zero attached hydrogens (tertiary/aromatic N) is 1. The van der Waals surface area contributed by atoms with Crippen LogP contribution >= 0.6 is 0 Å². The van der Waals surface area contributed by atoms with E-state index in [2.05, 4.69) is 11.9 Å². The van der Waals surface area contributed by atoms with Crippen LogP contribution in [-0.4, -0.2) is 35.6 Å². The van der Waals surface area contributed by atoms with E-state index in [0.717, 1.165) is 12.8 Å². The van der Waals surface area contributed by atoms with Crippen LogP contribution in [0.25, 0.3) is 0 Å². The zero-order chi connectivity index (χ0) is 9.68. The highest BCUT2D eigenvalue weighted by Crippen LogP contribution is 2.20. The Morgan fingerprint density at radius 1 is 1.54 bits per heavy atom. The van der Waals surface area contributed by atoms with Gasteiger partial charge in [-0.05, 0) is 39.3 Å². The number of unbranched alkanes of at least 4 members (excludes halogenated alkanes) is 1. The van der Waals surface area contributed by atoms with E-state index in [4.69, 9.17) is 5.11 Å². The second-order valence-corrected chi connectivity index (χ2v) is 3.92. The van der Waals surface area contributed by atoms with Crippen molar-refractivity contribution in [1.82, 2.24) is 4.90 Å². The summed E-state index contributed by atoms with van der Waals surface area (Å²) in [6.07, 6.45) is 5.99. The molecule has 1 saturated heterocycles. The van der Waals surface area contributed by atoms with E-state index in [-0.39, 0.29) is 0 Å². The molecular weight excluding hydrogens is 166 g/mol. The molecule has 0 aromatic rings. The van der Waals surface area contributed by atoms with Crippen LogP contribution < -0.4 is 0 Å². The van der Waals surface area contributed by atoms with Crippen molar-refractivity contribution in [2.75, 3.05) is 13.6 Å². The Kier molecular flexibility index (Phi) is 4.22. The Bertz CT molecular complexity index is 170. The van der Waals surface area contributed by atoms with Crippen LogP contribution in [0, 0.1) is 0 Å². The first kappa shape index (κ1) is 10.5. The minimum atomic E-state index is -0.667. The number of aliphatic carboxylic acids is 1. The zero-order valence-corrected chi connectivity index (χ0v) is 8.33. The number of carboxylic acids is 1. The van der Waals surface area contributed by atoms with Crippen molar-refractivity contribution in [2.45, 2.75) is 44.6 Å². The largest absolute Gasteiger partial charge is 0.481 e. The number of likely N-dealkylation sites (tertiary alicyclic amines) is 1. The second kappa shape index (κ2) is 5.22. The summed E-state index contributed by atoms with van der Waals surface area (Å²) in [6, 6.07) is 0.716. The van der Waals surface area contributed by atoms with Gasteiger partial charge in [0.25, 0.3) is 0 Å². The molecule has 0 amide bonds. The van der Waals surface area contributed by atoms with Gasteiger partial charge in [0.1, 0.15) is 0 Å². The number of carboxylic acid groups (broad SMARTS) is 1. The SMILES string of the molecule is CN1CCCC1CCCCC(=O)O. The molecule has 1 fully saturated rings. The Balaban J connectivity index is 2.02. The van der Waals surface area contributed by atoms with E-state index < -0.39 is 5.97 Å². The maximum Gasteiger partial charge on any atom is 0.303 e. The van der Waals surface area contributed by atoms with Gasteiger partial charge in [0.15, 0.2) is 0 Å². The molecule has 3 nitrogen and oxygen atoms in total. The average molecular weight is 185 g/mol. The van der Waals surface area contributed by atoms with Gasteiger partial charge in [0.05, 0.1) is 0 Å². The predicted molar refractivity (Wildman–Crippen MR) is 51.8 cm³/mol. The van der Waals surface area contributed by atoms with Crippen LogP contribution in [0.2, 0.25) is 0 Å². The Hall–Kier alpha value is -0.570. The third-order valence-electron chi connectivity index (χ3n) is 2.85. The molecule has 1 unspecified atom stereocenters. The van der Waals surface area contributed by atoms with E-state index in [0.29, 0.717) is 12.5 Å². The van der Waals surface area contributed by atoms with E-state index in [1.165, 1.54) is 25.8 Å². The first-order chi connectivity index (χ1) is 6.20. The Labute approximate surface area is 79.7 Å². The van der Waals surface area contributed by atoms with Gasteiger partial charge in [-0.25, -0.2) is 0 Å². The fourth-order valence-corrected chi connectivity index (χ4v) is 2.00. The van der Waals surface area contributed by atoms with Gasteiger partial charge < -0.3 is 10.0 Å².